The number of carbonyl (C=O) groups excluding carboxylic acids is 3. The van der Waals surface area contributed by atoms with Gasteiger partial charge in [0.15, 0.2) is 0 Å². The van der Waals surface area contributed by atoms with Crippen molar-refractivity contribution in [1.82, 2.24) is 0 Å². The zero-order valence-corrected chi connectivity index (χ0v) is 15.0. The summed E-state index contributed by atoms with van der Waals surface area (Å²) in [5.41, 5.74) is 0.152. The summed E-state index contributed by atoms with van der Waals surface area (Å²) in [5.74, 6) is 0.391. The minimum absolute atomic E-state index is 0.0313. The lowest BCUT2D eigenvalue weighted by molar-refractivity contribution is -0.145. The van der Waals surface area contributed by atoms with E-state index in [4.69, 9.17) is 9.47 Å². The number of rotatable bonds is 3. The summed E-state index contributed by atoms with van der Waals surface area (Å²) in [6.07, 6.45) is 6.55. The van der Waals surface area contributed by atoms with Crippen molar-refractivity contribution in [2.75, 3.05) is 13.2 Å². The van der Waals surface area contributed by atoms with Crippen LogP contribution in [0.15, 0.2) is 11.6 Å². The average molecular weight is 346 g/mol. The van der Waals surface area contributed by atoms with Crippen LogP contribution in [0.3, 0.4) is 0 Å². The van der Waals surface area contributed by atoms with Gasteiger partial charge in [-0.25, -0.2) is 4.79 Å². The van der Waals surface area contributed by atoms with Crippen molar-refractivity contribution in [3.8, 4) is 0 Å². The zero-order chi connectivity index (χ0) is 17.8. The third-order valence-electron chi connectivity index (χ3n) is 7.47. The van der Waals surface area contributed by atoms with Crippen LogP contribution in [0.1, 0.15) is 52.4 Å². The largest absolute Gasteiger partial charge is 0.465 e. The maximum Gasteiger partial charge on any atom is 0.334 e. The van der Waals surface area contributed by atoms with Gasteiger partial charge in [-0.3, -0.25) is 9.59 Å². The minimum atomic E-state index is -0.421. The van der Waals surface area contributed by atoms with E-state index < -0.39 is 5.41 Å². The van der Waals surface area contributed by atoms with Crippen LogP contribution in [0.5, 0.6) is 0 Å². The quantitative estimate of drug-likeness (QED) is 0.735. The van der Waals surface area contributed by atoms with Gasteiger partial charge in [-0.15, -0.1) is 0 Å². The predicted molar refractivity (Wildman–Crippen MR) is 89.4 cm³/mol. The Labute approximate surface area is 148 Å². The molecule has 5 atom stereocenters. The van der Waals surface area contributed by atoms with Gasteiger partial charge in [-0.05, 0) is 37.0 Å². The summed E-state index contributed by atoms with van der Waals surface area (Å²) >= 11 is 0. The molecule has 0 bridgehead atoms. The van der Waals surface area contributed by atoms with E-state index in [0.29, 0.717) is 26.1 Å². The number of hydrogen-bond acceptors (Lipinski definition) is 5. The number of esters is 2. The Balaban J connectivity index is 1.63. The van der Waals surface area contributed by atoms with Crippen LogP contribution >= 0.6 is 0 Å². The second kappa shape index (κ2) is 5.68. The fraction of sp³-hybridized carbons (Fsp3) is 0.750. The number of ether oxygens (including phenoxy) is 2. The number of hydrogen-bond donors (Lipinski definition) is 0. The molecular formula is C20H26O5. The molecule has 0 amide bonds. The summed E-state index contributed by atoms with van der Waals surface area (Å²) in [6, 6.07) is 0. The van der Waals surface area contributed by atoms with E-state index in [1.165, 1.54) is 0 Å². The first-order valence-electron chi connectivity index (χ1n) is 9.43. The maximum absolute atomic E-state index is 12.9. The van der Waals surface area contributed by atoms with E-state index >= 15 is 0 Å². The minimum Gasteiger partial charge on any atom is -0.465 e. The summed E-state index contributed by atoms with van der Waals surface area (Å²) in [5, 5.41) is 0. The second-order valence-electron chi connectivity index (χ2n) is 8.64. The Hall–Kier alpha value is -1.65. The Kier molecular flexibility index (Phi) is 3.82. The highest BCUT2D eigenvalue weighted by Gasteiger charge is 2.63. The third-order valence-corrected chi connectivity index (χ3v) is 7.47. The fourth-order valence-corrected chi connectivity index (χ4v) is 5.82. The lowest BCUT2D eigenvalue weighted by atomic mass is 9.46. The highest BCUT2D eigenvalue weighted by molar-refractivity contribution is 5.95. The molecule has 136 valence electrons. The van der Waals surface area contributed by atoms with Crippen LogP contribution in [0, 0.1) is 28.6 Å². The number of Topliss-reactive ketones (excluding diaryl/α,β-unsaturated/α-hetero) is 1. The van der Waals surface area contributed by atoms with E-state index in [-0.39, 0.29) is 40.9 Å². The van der Waals surface area contributed by atoms with Gasteiger partial charge in [0.2, 0.25) is 0 Å². The van der Waals surface area contributed by atoms with Crippen molar-refractivity contribution in [2.45, 2.75) is 52.4 Å². The van der Waals surface area contributed by atoms with Crippen LogP contribution in [-0.4, -0.2) is 30.9 Å². The van der Waals surface area contributed by atoms with Crippen molar-refractivity contribution < 1.29 is 23.9 Å². The smallest absolute Gasteiger partial charge is 0.334 e. The van der Waals surface area contributed by atoms with Crippen molar-refractivity contribution in [3.05, 3.63) is 11.6 Å². The highest BCUT2D eigenvalue weighted by Crippen LogP contribution is 2.63. The molecule has 2 heterocycles. The third kappa shape index (κ3) is 2.38. The van der Waals surface area contributed by atoms with Crippen molar-refractivity contribution in [3.63, 3.8) is 0 Å². The van der Waals surface area contributed by atoms with E-state index in [0.717, 1.165) is 31.3 Å². The Morgan fingerprint density at radius 1 is 1.24 bits per heavy atom. The number of ketones is 1. The van der Waals surface area contributed by atoms with Crippen molar-refractivity contribution >= 4 is 17.7 Å². The molecular weight excluding hydrogens is 320 g/mol. The fourth-order valence-electron chi connectivity index (χ4n) is 5.82. The van der Waals surface area contributed by atoms with Crippen LogP contribution < -0.4 is 0 Å². The van der Waals surface area contributed by atoms with Gasteiger partial charge in [-0.1, -0.05) is 19.9 Å². The van der Waals surface area contributed by atoms with E-state index in [1.54, 1.807) is 0 Å². The summed E-state index contributed by atoms with van der Waals surface area (Å²) in [4.78, 5) is 36.5. The van der Waals surface area contributed by atoms with Crippen LogP contribution in [0.2, 0.25) is 0 Å². The first kappa shape index (κ1) is 16.8. The first-order valence-corrected chi connectivity index (χ1v) is 9.43. The van der Waals surface area contributed by atoms with Crippen LogP contribution in [0.4, 0.5) is 0 Å². The molecule has 1 saturated carbocycles. The molecule has 4 rings (SSSR count). The van der Waals surface area contributed by atoms with Crippen LogP contribution in [-0.2, 0) is 23.9 Å². The number of allylic oxidation sites excluding steroid dienone is 1. The zero-order valence-electron chi connectivity index (χ0n) is 15.0. The summed E-state index contributed by atoms with van der Waals surface area (Å²) in [6.45, 7) is 5.10. The van der Waals surface area contributed by atoms with Gasteiger partial charge in [0.1, 0.15) is 12.4 Å². The van der Waals surface area contributed by atoms with Crippen molar-refractivity contribution in [1.29, 1.82) is 0 Å². The molecule has 0 aromatic carbocycles. The number of carbonyl (C=O) groups is 3. The topological polar surface area (TPSA) is 69.7 Å². The highest BCUT2D eigenvalue weighted by atomic mass is 16.5. The molecule has 3 fully saturated rings. The molecule has 5 heteroatoms. The van der Waals surface area contributed by atoms with Gasteiger partial charge >= 0.3 is 11.9 Å². The molecule has 5 nitrogen and oxygen atoms in total. The van der Waals surface area contributed by atoms with Gasteiger partial charge in [-0.2, -0.15) is 0 Å². The molecule has 0 unspecified atom stereocenters. The molecule has 2 aliphatic heterocycles. The molecule has 4 aliphatic rings. The summed E-state index contributed by atoms with van der Waals surface area (Å²) < 4.78 is 10.5. The summed E-state index contributed by atoms with van der Waals surface area (Å²) in [7, 11) is 0. The van der Waals surface area contributed by atoms with Gasteiger partial charge in [0.25, 0.3) is 0 Å². The SMILES string of the molecule is C[C@@H]1C(=O)C[C@@]23COC(=O)C2=CCC[C@@H]3[C@]1(C)CC[C@H]1COC(=O)C1. The van der Waals surface area contributed by atoms with E-state index in [1.807, 2.05) is 13.0 Å². The molecule has 0 radical (unpaired) electrons. The first-order chi connectivity index (χ1) is 11.9. The van der Waals surface area contributed by atoms with Gasteiger partial charge in [0, 0.05) is 29.2 Å². The predicted octanol–water partition coefficient (Wildman–Crippen LogP) is 2.82. The van der Waals surface area contributed by atoms with E-state index in [9.17, 15) is 14.4 Å². The van der Waals surface area contributed by atoms with Crippen LogP contribution in [0.25, 0.3) is 0 Å². The molecule has 0 aromatic rings. The molecule has 25 heavy (non-hydrogen) atoms. The lowest BCUT2D eigenvalue weighted by Gasteiger charge is -2.55. The van der Waals surface area contributed by atoms with Crippen molar-refractivity contribution in [2.24, 2.45) is 28.6 Å². The van der Waals surface area contributed by atoms with Gasteiger partial charge in [0.05, 0.1) is 13.0 Å². The normalized spacial score (nSPS) is 43.2. The maximum atomic E-state index is 12.9. The Bertz CT molecular complexity index is 665. The number of cyclic esters (lactones) is 2. The molecule has 2 aliphatic carbocycles. The molecule has 1 spiro atoms. The monoisotopic (exact) mass is 346 g/mol. The molecule has 0 N–H and O–H groups in total. The Morgan fingerprint density at radius 3 is 2.76 bits per heavy atom. The standard InChI is InChI=1S/C20H26O5/c1-12-15(21)9-20-11-25-18(23)14(20)4-3-5-16(20)19(12,2)7-6-13-8-17(22)24-10-13/h4,12-13,16H,3,5-11H2,1-2H3/t12-,13-,16-,19-,20-/m1/s1. The average Bonchev–Trinajstić information content (AvgIpc) is 3.15. The van der Waals surface area contributed by atoms with E-state index in [2.05, 4.69) is 6.92 Å². The Morgan fingerprint density at radius 2 is 2.04 bits per heavy atom. The second-order valence-corrected chi connectivity index (χ2v) is 8.64. The molecule has 2 saturated heterocycles. The molecule has 0 aromatic heterocycles. The lowest BCUT2D eigenvalue weighted by Crippen LogP contribution is -2.55. The van der Waals surface area contributed by atoms with Gasteiger partial charge < -0.3 is 9.47 Å².